The van der Waals surface area contributed by atoms with Crippen LogP contribution in [0.15, 0.2) is 42.5 Å². The lowest BCUT2D eigenvalue weighted by molar-refractivity contribution is -0.385. The van der Waals surface area contributed by atoms with Crippen LogP contribution in [0.5, 0.6) is 5.75 Å². The average molecular weight is 328 g/mol. The molecule has 7 heteroatoms. The van der Waals surface area contributed by atoms with Gasteiger partial charge < -0.3 is 15.1 Å². The number of nitro benzene ring substituents is 1. The fraction of sp³-hybridized carbons (Fsp3) is 0.235. The first kappa shape index (κ1) is 15.9. The summed E-state index contributed by atoms with van der Waals surface area (Å²) in [6.07, 6.45) is 0.651. The standard InChI is InChI=1S/C17H16N2O5/c20-10-15-13-4-2-1-3-11(13)7-8-18(15)17(22)12-5-6-16(21)14(9-12)19(23)24/h1-6,9,15,20-21H,7-8,10H2/t15-/m1/s1. The van der Waals surface area contributed by atoms with Gasteiger partial charge in [-0.05, 0) is 29.7 Å². The van der Waals surface area contributed by atoms with E-state index in [1.807, 2.05) is 24.3 Å². The number of nitrogens with zero attached hydrogens (tertiary/aromatic N) is 2. The highest BCUT2D eigenvalue weighted by Crippen LogP contribution is 2.32. The van der Waals surface area contributed by atoms with Crippen molar-refractivity contribution < 1.29 is 19.9 Å². The third-order valence-electron chi connectivity index (χ3n) is 4.27. The van der Waals surface area contributed by atoms with Gasteiger partial charge in [0, 0.05) is 18.2 Å². The number of aliphatic hydroxyl groups is 1. The average Bonchev–Trinajstić information content (AvgIpc) is 2.60. The number of carbonyl (C=O) groups is 1. The number of nitro groups is 1. The zero-order chi connectivity index (χ0) is 17.3. The largest absolute Gasteiger partial charge is 0.502 e. The molecule has 0 aromatic heterocycles. The number of hydrogen-bond acceptors (Lipinski definition) is 5. The summed E-state index contributed by atoms with van der Waals surface area (Å²) in [6.45, 7) is 0.179. The van der Waals surface area contributed by atoms with E-state index in [2.05, 4.69) is 0 Å². The molecule has 2 N–H and O–H groups in total. The van der Waals surface area contributed by atoms with Crippen molar-refractivity contribution in [2.45, 2.75) is 12.5 Å². The number of benzene rings is 2. The van der Waals surface area contributed by atoms with E-state index in [0.29, 0.717) is 13.0 Å². The maximum absolute atomic E-state index is 12.8. The van der Waals surface area contributed by atoms with Crippen LogP contribution in [-0.2, 0) is 6.42 Å². The minimum Gasteiger partial charge on any atom is -0.502 e. The molecule has 1 atom stereocenters. The van der Waals surface area contributed by atoms with Crippen LogP contribution in [0.25, 0.3) is 0 Å². The molecule has 0 spiro atoms. The van der Waals surface area contributed by atoms with Crippen LogP contribution in [0.1, 0.15) is 27.5 Å². The van der Waals surface area contributed by atoms with E-state index in [1.165, 1.54) is 11.0 Å². The second-order valence-electron chi connectivity index (χ2n) is 5.61. The minimum absolute atomic E-state index is 0.109. The second-order valence-corrected chi connectivity index (χ2v) is 5.61. The van der Waals surface area contributed by atoms with Crippen LogP contribution in [0.3, 0.4) is 0 Å². The predicted molar refractivity (Wildman–Crippen MR) is 85.8 cm³/mol. The van der Waals surface area contributed by atoms with Crippen molar-refractivity contribution in [1.29, 1.82) is 0 Å². The summed E-state index contributed by atoms with van der Waals surface area (Å²) in [4.78, 5) is 24.5. The molecular weight excluding hydrogens is 312 g/mol. The third-order valence-corrected chi connectivity index (χ3v) is 4.27. The van der Waals surface area contributed by atoms with Gasteiger partial charge in [-0.3, -0.25) is 14.9 Å². The minimum atomic E-state index is -0.735. The van der Waals surface area contributed by atoms with Crippen molar-refractivity contribution in [2.75, 3.05) is 13.2 Å². The summed E-state index contributed by atoms with van der Waals surface area (Å²) in [5.74, 6) is -0.897. The molecule has 24 heavy (non-hydrogen) atoms. The molecule has 0 fully saturated rings. The number of aromatic hydroxyl groups is 1. The van der Waals surface area contributed by atoms with Gasteiger partial charge in [0.1, 0.15) is 0 Å². The molecule has 0 aliphatic carbocycles. The molecule has 2 aromatic carbocycles. The SMILES string of the molecule is O=C(c1ccc(O)c([N+](=O)[O-])c1)N1CCc2ccccc2[C@H]1CO. The number of aliphatic hydroxyl groups excluding tert-OH is 1. The van der Waals surface area contributed by atoms with E-state index in [9.17, 15) is 25.1 Å². The van der Waals surface area contributed by atoms with Crippen LogP contribution < -0.4 is 0 Å². The lowest BCUT2D eigenvalue weighted by atomic mass is 9.92. The third kappa shape index (κ3) is 2.69. The van der Waals surface area contributed by atoms with E-state index < -0.39 is 28.3 Å². The van der Waals surface area contributed by atoms with Gasteiger partial charge in [-0.25, -0.2) is 0 Å². The van der Waals surface area contributed by atoms with Gasteiger partial charge in [0.05, 0.1) is 17.6 Å². The number of rotatable bonds is 3. The number of fused-ring (bicyclic) bond motifs is 1. The first-order chi connectivity index (χ1) is 11.5. The maximum Gasteiger partial charge on any atom is 0.311 e. The molecule has 0 saturated heterocycles. The van der Waals surface area contributed by atoms with Crippen molar-refractivity contribution in [3.63, 3.8) is 0 Å². The number of hydrogen-bond donors (Lipinski definition) is 2. The second kappa shape index (κ2) is 6.29. The zero-order valence-corrected chi connectivity index (χ0v) is 12.8. The van der Waals surface area contributed by atoms with Gasteiger partial charge in [0.25, 0.3) is 5.91 Å². The Morgan fingerprint density at radius 2 is 2.04 bits per heavy atom. The fourth-order valence-electron chi connectivity index (χ4n) is 3.06. The molecular formula is C17H16N2O5. The highest BCUT2D eigenvalue weighted by molar-refractivity contribution is 5.95. The summed E-state index contributed by atoms with van der Waals surface area (Å²) in [5.41, 5.74) is 1.56. The number of amides is 1. The van der Waals surface area contributed by atoms with Gasteiger partial charge in [0.15, 0.2) is 5.75 Å². The summed E-state index contributed by atoms with van der Waals surface area (Å²) < 4.78 is 0. The van der Waals surface area contributed by atoms with Crippen LogP contribution >= 0.6 is 0 Å². The Morgan fingerprint density at radius 3 is 2.75 bits per heavy atom. The highest BCUT2D eigenvalue weighted by atomic mass is 16.6. The Bertz CT molecular complexity index is 805. The molecule has 2 aromatic rings. The number of carbonyl (C=O) groups excluding carboxylic acids is 1. The number of phenols is 1. The molecule has 1 amide bonds. The molecule has 0 radical (unpaired) electrons. The monoisotopic (exact) mass is 328 g/mol. The Kier molecular flexibility index (Phi) is 4.18. The first-order valence-electron chi connectivity index (χ1n) is 7.50. The zero-order valence-electron chi connectivity index (χ0n) is 12.8. The Morgan fingerprint density at radius 1 is 1.29 bits per heavy atom. The summed E-state index contributed by atoms with van der Waals surface area (Å²) in [7, 11) is 0. The van der Waals surface area contributed by atoms with Crippen LogP contribution in [0, 0.1) is 10.1 Å². The molecule has 7 nitrogen and oxygen atoms in total. The lowest BCUT2D eigenvalue weighted by Gasteiger charge is -2.36. The molecule has 0 bridgehead atoms. The normalized spacial score (nSPS) is 16.5. The predicted octanol–water partition coefficient (Wildman–Crippen LogP) is 2.03. The molecule has 0 saturated carbocycles. The summed E-state index contributed by atoms with van der Waals surface area (Å²) >= 11 is 0. The molecule has 1 heterocycles. The molecule has 1 aliphatic heterocycles. The van der Waals surface area contributed by atoms with Crippen LogP contribution in [0.2, 0.25) is 0 Å². The maximum atomic E-state index is 12.8. The highest BCUT2D eigenvalue weighted by Gasteiger charge is 2.31. The van der Waals surface area contributed by atoms with Gasteiger partial charge in [-0.15, -0.1) is 0 Å². The van der Waals surface area contributed by atoms with E-state index in [1.54, 1.807) is 0 Å². The van der Waals surface area contributed by atoms with Crippen LogP contribution in [-0.4, -0.2) is 39.1 Å². The van der Waals surface area contributed by atoms with Gasteiger partial charge in [0.2, 0.25) is 0 Å². The van der Waals surface area contributed by atoms with Crippen molar-refractivity contribution in [2.24, 2.45) is 0 Å². The summed E-state index contributed by atoms with van der Waals surface area (Å²) in [5, 5.41) is 30.2. The van der Waals surface area contributed by atoms with Gasteiger partial charge >= 0.3 is 5.69 Å². The summed E-state index contributed by atoms with van der Waals surface area (Å²) in [6, 6.07) is 10.6. The Hall–Kier alpha value is -2.93. The molecule has 0 unspecified atom stereocenters. The van der Waals surface area contributed by atoms with Crippen LogP contribution in [0.4, 0.5) is 5.69 Å². The van der Waals surface area contributed by atoms with E-state index in [0.717, 1.165) is 23.3 Å². The van der Waals surface area contributed by atoms with E-state index in [-0.39, 0.29) is 12.2 Å². The van der Waals surface area contributed by atoms with E-state index in [4.69, 9.17) is 0 Å². The van der Waals surface area contributed by atoms with Gasteiger partial charge in [-0.1, -0.05) is 24.3 Å². The topological polar surface area (TPSA) is 104 Å². The van der Waals surface area contributed by atoms with Crippen molar-refractivity contribution in [3.8, 4) is 5.75 Å². The molecule has 3 rings (SSSR count). The van der Waals surface area contributed by atoms with Crippen molar-refractivity contribution in [1.82, 2.24) is 4.90 Å². The van der Waals surface area contributed by atoms with Crippen molar-refractivity contribution >= 4 is 11.6 Å². The molecule has 1 aliphatic rings. The quantitative estimate of drug-likeness (QED) is 0.663. The molecule has 124 valence electrons. The lowest BCUT2D eigenvalue weighted by Crippen LogP contribution is -2.41. The fourth-order valence-corrected chi connectivity index (χ4v) is 3.06. The van der Waals surface area contributed by atoms with Gasteiger partial charge in [-0.2, -0.15) is 0 Å². The smallest absolute Gasteiger partial charge is 0.311 e. The van der Waals surface area contributed by atoms with E-state index >= 15 is 0 Å². The first-order valence-corrected chi connectivity index (χ1v) is 7.50. The Labute approximate surface area is 137 Å². The number of phenolic OH excluding ortho intramolecular Hbond substituents is 1. The Balaban J connectivity index is 1.96. The van der Waals surface area contributed by atoms with Crippen molar-refractivity contribution in [3.05, 3.63) is 69.3 Å².